The molecule has 8 nitrogen and oxygen atoms in total. The fourth-order valence-electron chi connectivity index (χ4n) is 3.64. The number of amides is 2. The van der Waals surface area contributed by atoms with Crippen molar-refractivity contribution < 1.29 is 18.0 Å². The summed E-state index contributed by atoms with van der Waals surface area (Å²) >= 11 is 12.4. The SMILES string of the molecule is CCCCNC(=O)C(C)N(Cc1ccc(Cl)cc1Cl)C(=O)CN(c1cc(C)ccc1C)S(=O)(=O)N(C)C. The van der Waals surface area contributed by atoms with Crippen LogP contribution in [0.5, 0.6) is 0 Å². The van der Waals surface area contributed by atoms with Gasteiger partial charge in [-0.25, -0.2) is 4.31 Å². The predicted octanol–water partition coefficient (Wildman–Crippen LogP) is 4.56. The van der Waals surface area contributed by atoms with Crippen molar-refractivity contribution in [3.05, 3.63) is 63.1 Å². The molecule has 2 rings (SSSR count). The summed E-state index contributed by atoms with van der Waals surface area (Å²) in [5, 5.41) is 3.63. The summed E-state index contributed by atoms with van der Waals surface area (Å²) in [6.07, 6.45) is 1.71. The summed E-state index contributed by atoms with van der Waals surface area (Å²) in [5.41, 5.74) is 2.52. The first kappa shape index (κ1) is 30.9. The minimum absolute atomic E-state index is 0.000147. The third kappa shape index (κ3) is 8.07. The Morgan fingerprint density at radius 2 is 1.73 bits per heavy atom. The zero-order valence-corrected chi connectivity index (χ0v) is 24.5. The number of aryl methyl sites for hydroxylation is 2. The van der Waals surface area contributed by atoms with Crippen LogP contribution in [-0.4, -0.2) is 62.7 Å². The van der Waals surface area contributed by atoms with Crippen LogP contribution in [0.1, 0.15) is 43.4 Å². The van der Waals surface area contributed by atoms with E-state index in [-0.39, 0.29) is 12.5 Å². The maximum Gasteiger partial charge on any atom is 0.304 e. The number of hydrogen-bond acceptors (Lipinski definition) is 4. The van der Waals surface area contributed by atoms with Gasteiger partial charge in [0.25, 0.3) is 0 Å². The number of carbonyl (C=O) groups excluding carboxylic acids is 2. The third-order valence-corrected chi connectivity index (χ3v) is 8.40. The summed E-state index contributed by atoms with van der Waals surface area (Å²) in [6.45, 7) is 7.25. The Morgan fingerprint density at radius 3 is 2.32 bits per heavy atom. The maximum atomic E-state index is 13.8. The molecule has 2 amide bonds. The van der Waals surface area contributed by atoms with E-state index in [9.17, 15) is 18.0 Å². The highest BCUT2D eigenvalue weighted by molar-refractivity contribution is 7.90. The van der Waals surface area contributed by atoms with Crippen LogP contribution in [0.2, 0.25) is 10.0 Å². The zero-order chi connectivity index (χ0) is 27.9. The quantitative estimate of drug-likeness (QED) is 0.379. The third-order valence-electron chi connectivity index (χ3n) is 6.00. The van der Waals surface area contributed by atoms with E-state index in [2.05, 4.69) is 5.32 Å². The molecule has 2 aromatic rings. The smallest absolute Gasteiger partial charge is 0.304 e. The highest BCUT2D eigenvalue weighted by Crippen LogP contribution is 2.27. The molecule has 0 bridgehead atoms. The molecule has 0 aliphatic carbocycles. The molecule has 11 heteroatoms. The second kappa shape index (κ2) is 13.5. The molecular weight excluding hydrogens is 535 g/mol. The molecule has 0 saturated carbocycles. The average Bonchev–Trinajstić information content (AvgIpc) is 2.83. The lowest BCUT2D eigenvalue weighted by Gasteiger charge is -2.33. The lowest BCUT2D eigenvalue weighted by Crippen LogP contribution is -2.52. The van der Waals surface area contributed by atoms with Crippen molar-refractivity contribution in [1.82, 2.24) is 14.5 Å². The van der Waals surface area contributed by atoms with Crippen LogP contribution in [0.3, 0.4) is 0 Å². The highest BCUT2D eigenvalue weighted by atomic mass is 35.5. The second-order valence-corrected chi connectivity index (χ2v) is 12.1. The number of rotatable bonds is 12. The Balaban J connectivity index is 2.50. The molecule has 204 valence electrons. The fraction of sp³-hybridized carbons (Fsp3) is 0.462. The van der Waals surface area contributed by atoms with E-state index < -0.39 is 28.7 Å². The molecule has 0 heterocycles. The molecule has 0 saturated heterocycles. The van der Waals surface area contributed by atoms with Crippen LogP contribution in [0.15, 0.2) is 36.4 Å². The summed E-state index contributed by atoms with van der Waals surface area (Å²) in [4.78, 5) is 28.1. The zero-order valence-electron chi connectivity index (χ0n) is 22.2. The number of nitrogens with one attached hydrogen (secondary N) is 1. The van der Waals surface area contributed by atoms with Crippen LogP contribution in [0.4, 0.5) is 5.69 Å². The van der Waals surface area contributed by atoms with Crippen molar-refractivity contribution in [1.29, 1.82) is 0 Å². The topological polar surface area (TPSA) is 90.0 Å². The van der Waals surface area contributed by atoms with Crippen molar-refractivity contribution in [3.8, 4) is 0 Å². The molecule has 2 aromatic carbocycles. The molecule has 0 radical (unpaired) electrons. The predicted molar refractivity (Wildman–Crippen MR) is 150 cm³/mol. The van der Waals surface area contributed by atoms with E-state index in [0.29, 0.717) is 33.4 Å². The van der Waals surface area contributed by atoms with Crippen molar-refractivity contribution in [2.75, 3.05) is 31.5 Å². The van der Waals surface area contributed by atoms with Gasteiger partial charge in [-0.2, -0.15) is 12.7 Å². The van der Waals surface area contributed by atoms with Crippen LogP contribution < -0.4 is 9.62 Å². The van der Waals surface area contributed by atoms with Crippen LogP contribution >= 0.6 is 23.2 Å². The molecule has 1 N–H and O–H groups in total. The summed E-state index contributed by atoms with van der Waals surface area (Å²) in [5.74, 6) is -0.879. The second-order valence-electron chi connectivity index (χ2n) is 9.16. The number of halogens is 2. The van der Waals surface area contributed by atoms with Gasteiger partial charge in [0.1, 0.15) is 12.6 Å². The average molecular weight is 572 g/mol. The van der Waals surface area contributed by atoms with E-state index in [1.807, 2.05) is 26.0 Å². The Hall–Kier alpha value is -2.33. The molecule has 1 unspecified atom stereocenters. The van der Waals surface area contributed by atoms with Gasteiger partial charge in [-0.15, -0.1) is 0 Å². The van der Waals surface area contributed by atoms with Gasteiger partial charge in [-0.05, 0) is 62.1 Å². The molecule has 0 aliphatic rings. The first-order chi connectivity index (χ1) is 17.3. The van der Waals surface area contributed by atoms with Gasteiger partial charge >= 0.3 is 10.2 Å². The van der Waals surface area contributed by atoms with Crippen LogP contribution in [0, 0.1) is 13.8 Å². The lowest BCUT2D eigenvalue weighted by molar-refractivity contribution is -0.139. The summed E-state index contributed by atoms with van der Waals surface area (Å²) in [7, 11) is -1.22. The van der Waals surface area contributed by atoms with Crippen molar-refractivity contribution in [2.45, 2.75) is 53.1 Å². The number of nitrogens with zero attached hydrogens (tertiary/aromatic N) is 3. The number of hydrogen-bond donors (Lipinski definition) is 1. The highest BCUT2D eigenvalue weighted by Gasteiger charge is 2.33. The Bertz CT molecular complexity index is 1220. The van der Waals surface area contributed by atoms with Crippen molar-refractivity contribution >= 4 is 50.9 Å². The van der Waals surface area contributed by atoms with Gasteiger partial charge in [-0.3, -0.25) is 9.59 Å². The van der Waals surface area contributed by atoms with E-state index >= 15 is 0 Å². The minimum atomic E-state index is -4.03. The number of unbranched alkanes of at least 4 members (excludes halogenated alkanes) is 1. The van der Waals surface area contributed by atoms with E-state index in [0.717, 1.165) is 27.0 Å². The Morgan fingerprint density at radius 1 is 1.05 bits per heavy atom. The summed E-state index contributed by atoms with van der Waals surface area (Å²) in [6, 6.07) is 9.43. The van der Waals surface area contributed by atoms with Crippen molar-refractivity contribution in [3.63, 3.8) is 0 Å². The van der Waals surface area contributed by atoms with E-state index in [1.165, 1.54) is 19.0 Å². The first-order valence-corrected chi connectivity index (χ1v) is 14.2. The number of carbonyl (C=O) groups is 2. The van der Waals surface area contributed by atoms with Gasteiger partial charge < -0.3 is 10.2 Å². The standard InChI is InChI=1S/C26H36Cl2N4O4S/c1-7-8-13-29-26(34)20(4)31(16-21-11-12-22(27)15-23(21)28)25(33)17-32(37(35,36)30(5)6)24-14-18(2)9-10-19(24)3/h9-12,14-15,20H,7-8,13,16-17H2,1-6H3,(H,29,34). The molecule has 1 atom stereocenters. The van der Waals surface area contributed by atoms with Gasteiger partial charge in [-0.1, -0.05) is 54.7 Å². The molecule has 0 aromatic heterocycles. The number of anilines is 1. The fourth-order valence-corrected chi connectivity index (χ4v) is 5.22. The maximum absolute atomic E-state index is 13.8. The van der Waals surface area contributed by atoms with Crippen molar-refractivity contribution in [2.24, 2.45) is 0 Å². The van der Waals surface area contributed by atoms with Gasteiger partial charge in [0.2, 0.25) is 11.8 Å². The molecular formula is C26H36Cl2N4O4S. The normalized spacial score (nSPS) is 12.4. The first-order valence-electron chi connectivity index (χ1n) is 12.1. The van der Waals surface area contributed by atoms with Gasteiger partial charge in [0.05, 0.1) is 5.69 Å². The van der Waals surface area contributed by atoms with Crippen LogP contribution in [-0.2, 0) is 26.3 Å². The minimum Gasteiger partial charge on any atom is -0.354 e. The molecule has 0 aliphatic heterocycles. The largest absolute Gasteiger partial charge is 0.354 e. The molecule has 0 fully saturated rings. The molecule has 37 heavy (non-hydrogen) atoms. The van der Waals surface area contributed by atoms with E-state index in [1.54, 1.807) is 38.1 Å². The Labute approximate surface area is 230 Å². The molecule has 0 spiro atoms. The number of benzene rings is 2. The van der Waals surface area contributed by atoms with Crippen LogP contribution in [0.25, 0.3) is 0 Å². The Kier molecular flexibility index (Phi) is 11.2. The van der Waals surface area contributed by atoms with E-state index in [4.69, 9.17) is 23.2 Å². The van der Waals surface area contributed by atoms with Gasteiger partial charge in [0.15, 0.2) is 0 Å². The van der Waals surface area contributed by atoms with Gasteiger partial charge in [0, 0.05) is 37.2 Å². The lowest BCUT2D eigenvalue weighted by atomic mass is 10.1. The summed E-state index contributed by atoms with van der Waals surface area (Å²) < 4.78 is 28.8. The monoisotopic (exact) mass is 570 g/mol.